The quantitative estimate of drug-likeness (QED) is 0.472. The lowest BCUT2D eigenvalue weighted by atomic mass is 10.6. The number of hydrogen-bond acceptors (Lipinski definition) is 2. The summed E-state index contributed by atoms with van der Waals surface area (Å²) in [6, 6.07) is 0. The van der Waals surface area contributed by atoms with Gasteiger partial charge in [-0.05, 0) is 14.1 Å². The summed E-state index contributed by atoms with van der Waals surface area (Å²) < 4.78 is 4.90. The van der Waals surface area contributed by atoms with E-state index in [4.69, 9.17) is 4.74 Å². The van der Waals surface area contributed by atoms with Crippen LogP contribution in [-0.4, -0.2) is 27.3 Å². The molecule has 0 rings (SSSR count). The summed E-state index contributed by atoms with van der Waals surface area (Å²) >= 11 is 0. The van der Waals surface area contributed by atoms with E-state index in [1.807, 2.05) is 14.1 Å². The topological polar surface area (TPSA) is 21.3 Å². The molecule has 0 fully saturated rings. The molecule has 2 nitrogen and oxygen atoms in total. The molecule has 1 N–H and O–H groups in total. The van der Waals surface area contributed by atoms with Crippen molar-refractivity contribution in [2.45, 2.75) is 0 Å². The van der Waals surface area contributed by atoms with Crippen LogP contribution in [-0.2, 0) is 4.74 Å². The standard InChI is InChI=1S/C6H10O.C2H7N/c1-3-5-7-6-4-2;1-3-2/h3-4H,1-2,5-6H2;3H,1-2H3. The highest BCUT2D eigenvalue weighted by Gasteiger charge is 1.70. The van der Waals surface area contributed by atoms with Crippen molar-refractivity contribution < 1.29 is 4.74 Å². The van der Waals surface area contributed by atoms with Crippen LogP contribution >= 0.6 is 0 Å². The number of nitrogens with one attached hydrogen (secondary N) is 1. The molecule has 0 bridgehead atoms. The number of hydrogen-bond donors (Lipinski definition) is 1. The van der Waals surface area contributed by atoms with Crippen LogP contribution < -0.4 is 5.32 Å². The highest BCUT2D eigenvalue weighted by molar-refractivity contribution is 4.68. The minimum atomic E-state index is 0.617. The summed E-state index contributed by atoms with van der Waals surface area (Å²) in [5.74, 6) is 0. The molecule has 2 heteroatoms. The van der Waals surface area contributed by atoms with Crippen molar-refractivity contribution in [1.29, 1.82) is 0 Å². The summed E-state index contributed by atoms with van der Waals surface area (Å²) in [5, 5.41) is 2.75. The summed E-state index contributed by atoms with van der Waals surface area (Å²) in [7, 11) is 3.75. The summed E-state index contributed by atoms with van der Waals surface area (Å²) in [5.41, 5.74) is 0. The molecule has 0 aliphatic heterocycles. The van der Waals surface area contributed by atoms with Gasteiger partial charge in [-0.3, -0.25) is 0 Å². The molecule has 0 saturated heterocycles. The normalized spacial score (nSPS) is 7.40. The molecule has 0 saturated carbocycles. The largest absolute Gasteiger partial charge is 0.373 e. The van der Waals surface area contributed by atoms with Gasteiger partial charge in [0.1, 0.15) is 0 Å². The molecule has 0 heterocycles. The Hall–Kier alpha value is -0.600. The van der Waals surface area contributed by atoms with Crippen molar-refractivity contribution in [3.8, 4) is 0 Å². The van der Waals surface area contributed by atoms with E-state index in [9.17, 15) is 0 Å². The van der Waals surface area contributed by atoms with Crippen LogP contribution in [0.4, 0.5) is 0 Å². The lowest BCUT2D eigenvalue weighted by molar-refractivity contribution is 0.194. The molecule has 0 spiro atoms. The maximum Gasteiger partial charge on any atom is 0.0649 e. The first-order valence-electron chi connectivity index (χ1n) is 3.21. The van der Waals surface area contributed by atoms with Crippen molar-refractivity contribution >= 4 is 0 Å². The van der Waals surface area contributed by atoms with Crippen molar-refractivity contribution in [1.82, 2.24) is 5.32 Å². The predicted molar refractivity (Wildman–Crippen MR) is 46.2 cm³/mol. The van der Waals surface area contributed by atoms with Gasteiger partial charge in [0.2, 0.25) is 0 Å². The average Bonchev–Trinajstić information content (AvgIpc) is 1.91. The molecule has 10 heavy (non-hydrogen) atoms. The third-order valence-corrected chi connectivity index (χ3v) is 0.471. The summed E-state index contributed by atoms with van der Waals surface area (Å²) in [4.78, 5) is 0. The van der Waals surface area contributed by atoms with Crippen molar-refractivity contribution in [3.63, 3.8) is 0 Å². The molecule has 0 aromatic rings. The first kappa shape index (κ1) is 12.1. The second-order valence-corrected chi connectivity index (χ2v) is 1.61. The van der Waals surface area contributed by atoms with E-state index in [0.717, 1.165) is 0 Å². The van der Waals surface area contributed by atoms with Gasteiger partial charge in [-0.25, -0.2) is 0 Å². The lowest BCUT2D eigenvalue weighted by Gasteiger charge is -1.89. The number of ether oxygens (including phenoxy) is 1. The van der Waals surface area contributed by atoms with E-state index in [-0.39, 0.29) is 0 Å². The van der Waals surface area contributed by atoms with Gasteiger partial charge in [0, 0.05) is 0 Å². The fraction of sp³-hybridized carbons (Fsp3) is 0.500. The predicted octanol–water partition coefficient (Wildman–Crippen LogP) is 1.21. The van der Waals surface area contributed by atoms with E-state index in [0.29, 0.717) is 13.2 Å². The fourth-order valence-corrected chi connectivity index (χ4v) is 0.235. The molecule has 0 unspecified atom stereocenters. The van der Waals surface area contributed by atoms with Crippen LogP contribution in [0.25, 0.3) is 0 Å². The minimum Gasteiger partial charge on any atom is -0.373 e. The van der Waals surface area contributed by atoms with Gasteiger partial charge in [-0.15, -0.1) is 13.2 Å². The Kier molecular flexibility index (Phi) is 19.1. The Balaban J connectivity index is 0. The highest BCUT2D eigenvalue weighted by atomic mass is 16.5. The van der Waals surface area contributed by atoms with E-state index < -0.39 is 0 Å². The average molecular weight is 143 g/mol. The van der Waals surface area contributed by atoms with Gasteiger partial charge in [0.05, 0.1) is 13.2 Å². The molecule has 0 atom stereocenters. The molecular formula is C8H17NO. The van der Waals surface area contributed by atoms with E-state index in [1.165, 1.54) is 0 Å². The van der Waals surface area contributed by atoms with E-state index in [1.54, 1.807) is 12.2 Å². The van der Waals surface area contributed by atoms with Crippen molar-refractivity contribution in [2.75, 3.05) is 27.3 Å². The molecule has 0 aliphatic carbocycles. The first-order valence-corrected chi connectivity index (χ1v) is 3.21. The third-order valence-electron chi connectivity index (χ3n) is 0.471. The Morgan fingerprint density at radius 3 is 1.70 bits per heavy atom. The molecule has 0 aliphatic rings. The monoisotopic (exact) mass is 143 g/mol. The Bertz CT molecular complexity index is 63.7. The molecule has 0 aromatic carbocycles. The maximum absolute atomic E-state index is 4.90. The summed E-state index contributed by atoms with van der Waals surface area (Å²) in [6.45, 7) is 8.18. The SMILES string of the molecule is C=CCOCC=C.CNC. The maximum atomic E-state index is 4.90. The van der Waals surface area contributed by atoms with Crippen LogP contribution in [0.15, 0.2) is 25.3 Å². The van der Waals surface area contributed by atoms with E-state index in [2.05, 4.69) is 18.5 Å². The zero-order valence-electron chi connectivity index (χ0n) is 6.89. The molecule has 60 valence electrons. The second-order valence-electron chi connectivity index (χ2n) is 1.61. The van der Waals surface area contributed by atoms with Crippen LogP contribution in [0.2, 0.25) is 0 Å². The Morgan fingerprint density at radius 2 is 1.50 bits per heavy atom. The lowest BCUT2D eigenvalue weighted by Crippen LogP contribution is -1.89. The van der Waals surface area contributed by atoms with Gasteiger partial charge < -0.3 is 10.1 Å². The van der Waals surface area contributed by atoms with Gasteiger partial charge in [-0.2, -0.15) is 0 Å². The van der Waals surface area contributed by atoms with Gasteiger partial charge in [-0.1, -0.05) is 12.2 Å². The Labute approximate surface area is 63.6 Å². The van der Waals surface area contributed by atoms with E-state index >= 15 is 0 Å². The third kappa shape index (κ3) is 26.2. The van der Waals surface area contributed by atoms with Crippen LogP contribution in [0.1, 0.15) is 0 Å². The van der Waals surface area contributed by atoms with Crippen molar-refractivity contribution in [2.24, 2.45) is 0 Å². The van der Waals surface area contributed by atoms with Crippen LogP contribution in [0.3, 0.4) is 0 Å². The number of rotatable bonds is 4. The smallest absolute Gasteiger partial charge is 0.0649 e. The molecule has 0 amide bonds. The van der Waals surface area contributed by atoms with Gasteiger partial charge >= 0.3 is 0 Å². The highest BCUT2D eigenvalue weighted by Crippen LogP contribution is 1.72. The van der Waals surface area contributed by atoms with Crippen molar-refractivity contribution in [3.05, 3.63) is 25.3 Å². The molecule has 0 radical (unpaired) electrons. The van der Waals surface area contributed by atoms with Crippen LogP contribution in [0, 0.1) is 0 Å². The Morgan fingerprint density at radius 1 is 1.20 bits per heavy atom. The fourth-order valence-electron chi connectivity index (χ4n) is 0.235. The zero-order valence-corrected chi connectivity index (χ0v) is 6.89. The zero-order chi connectivity index (χ0) is 8.24. The first-order chi connectivity index (χ1) is 4.83. The minimum absolute atomic E-state index is 0.617. The van der Waals surface area contributed by atoms with Crippen LogP contribution in [0.5, 0.6) is 0 Å². The molecular weight excluding hydrogens is 126 g/mol. The second kappa shape index (κ2) is 15.8. The van der Waals surface area contributed by atoms with Gasteiger partial charge in [0.25, 0.3) is 0 Å². The van der Waals surface area contributed by atoms with Gasteiger partial charge in [0.15, 0.2) is 0 Å². The summed E-state index contributed by atoms with van der Waals surface area (Å²) in [6.07, 6.45) is 3.42. The molecule has 0 aromatic heterocycles.